The van der Waals surface area contributed by atoms with Crippen LogP contribution in [0, 0.1) is 0 Å². The van der Waals surface area contributed by atoms with Crippen LogP contribution in [0.2, 0.25) is 4.34 Å². The van der Waals surface area contributed by atoms with Gasteiger partial charge in [-0.2, -0.15) is 0 Å². The summed E-state index contributed by atoms with van der Waals surface area (Å²) in [5.41, 5.74) is 0. The van der Waals surface area contributed by atoms with E-state index < -0.39 is 10.0 Å². The third kappa shape index (κ3) is 5.78. The molecule has 126 valence electrons. The molecule has 10 heteroatoms. The van der Waals surface area contributed by atoms with Gasteiger partial charge in [0.05, 0.1) is 10.9 Å². The van der Waals surface area contributed by atoms with Gasteiger partial charge in [0, 0.05) is 25.0 Å². The molecule has 0 saturated carbocycles. The van der Waals surface area contributed by atoms with E-state index in [2.05, 4.69) is 20.3 Å². The van der Waals surface area contributed by atoms with Crippen molar-refractivity contribution in [2.75, 3.05) is 20.1 Å². The van der Waals surface area contributed by atoms with Gasteiger partial charge in [-0.05, 0) is 23.6 Å². The van der Waals surface area contributed by atoms with Gasteiger partial charge in [0.15, 0.2) is 5.96 Å². The number of aliphatic imine (C=N–C) groups is 1. The summed E-state index contributed by atoms with van der Waals surface area (Å²) in [6.45, 7) is 1.34. The average molecular weight is 393 g/mol. The fraction of sp³-hybridized carbons (Fsp3) is 0.308. The zero-order valence-corrected chi connectivity index (χ0v) is 15.6. The molecule has 2 aromatic heterocycles. The fourth-order valence-electron chi connectivity index (χ4n) is 1.68. The van der Waals surface area contributed by atoms with Crippen LogP contribution in [-0.4, -0.2) is 34.5 Å². The zero-order valence-electron chi connectivity index (χ0n) is 12.4. The number of halogens is 1. The van der Waals surface area contributed by atoms with Gasteiger partial charge in [-0.15, -0.1) is 22.7 Å². The highest BCUT2D eigenvalue weighted by Gasteiger charge is 2.15. The Hall–Kier alpha value is -1.13. The highest BCUT2D eigenvalue weighted by Crippen LogP contribution is 2.25. The maximum Gasteiger partial charge on any atom is 0.250 e. The standard InChI is InChI=1S/C13H17ClN4O2S3/c1-15-13(17-9-10-3-2-8-21-10)16-6-7-18-23(19,20)12-5-4-11(14)22-12/h2-5,8,18H,6-7,9H2,1H3,(H2,15,16,17). The Morgan fingerprint density at radius 2 is 2.09 bits per heavy atom. The molecule has 0 unspecified atom stereocenters. The van der Waals surface area contributed by atoms with Crippen molar-refractivity contribution in [3.05, 3.63) is 38.9 Å². The highest BCUT2D eigenvalue weighted by atomic mass is 35.5. The monoisotopic (exact) mass is 392 g/mol. The number of nitrogens with zero attached hydrogens (tertiary/aromatic N) is 1. The Morgan fingerprint density at radius 1 is 1.26 bits per heavy atom. The summed E-state index contributed by atoms with van der Waals surface area (Å²) in [5.74, 6) is 0.622. The molecular formula is C13H17ClN4O2S3. The fourth-order valence-corrected chi connectivity index (χ4v) is 4.89. The van der Waals surface area contributed by atoms with Crippen LogP contribution in [-0.2, 0) is 16.6 Å². The normalized spacial score (nSPS) is 12.3. The van der Waals surface area contributed by atoms with Gasteiger partial charge in [0.2, 0.25) is 10.0 Å². The Labute approximate surface area is 148 Å². The molecule has 2 heterocycles. The third-order valence-electron chi connectivity index (χ3n) is 2.76. The molecule has 2 aromatic rings. The van der Waals surface area contributed by atoms with E-state index in [1.54, 1.807) is 24.5 Å². The molecule has 0 bridgehead atoms. The SMILES string of the molecule is CN=C(NCCNS(=O)(=O)c1ccc(Cl)s1)NCc1cccs1. The summed E-state index contributed by atoms with van der Waals surface area (Å²) in [6, 6.07) is 7.08. The van der Waals surface area contributed by atoms with Crippen molar-refractivity contribution in [1.82, 2.24) is 15.4 Å². The first-order valence-electron chi connectivity index (χ1n) is 6.73. The molecule has 0 aromatic carbocycles. The maximum atomic E-state index is 12.0. The molecular weight excluding hydrogens is 376 g/mol. The van der Waals surface area contributed by atoms with E-state index in [9.17, 15) is 8.42 Å². The molecule has 3 N–H and O–H groups in total. The lowest BCUT2D eigenvalue weighted by Gasteiger charge is -2.11. The van der Waals surface area contributed by atoms with Crippen molar-refractivity contribution >= 4 is 50.3 Å². The lowest BCUT2D eigenvalue weighted by molar-refractivity contribution is 0.582. The number of nitrogens with one attached hydrogen (secondary N) is 3. The van der Waals surface area contributed by atoms with Gasteiger partial charge >= 0.3 is 0 Å². The molecule has 0 atom stereocenters. The maximum absolute atomic E-state index is 12.0. The second kappa shape index (κ2) is 8.65. The summed E-state index contributed by atoms with van der Waals surface area (Å²) in [5, 5.41) is 8.23. The van der Waals surface area contributed by atoms with E-state index in [0.29, 0.717) is 23.4 Å². The van der Waals surface area contributed by atoms with Crippen LogP contribution in [0.4, 0.5) is 0 Å². The Balaban J connectivity index is 1.73. The molecule has 0 fully saturated rings. The number of rotatable bonds is 7. The van der Waals surface area contributed by atoms with Crippen LogP contribution >= 0.6 is 34.3 Å². The average Bonchev–Trinajstić information content (AvgIpc) is 3.18. The van der Waals surface area contributed by atoms with E-state index in [0.717, 1.165) is 11.3 Å². The summed E-state index contributed by atoms with van der Waals surface area (Å²) in [7, 11) is -1.84. The van der Waals surface area contributed by atoms with Gasteiger partial charge in [0.1, 0.15) is 4.21 Å². The van der Waals surface area contributed by atoms with Gasteiger partial charge in [-0.1, -0.05) is 17.7 Å². The van der Waals surface area contributed by atoms with E-state index in [1.807, 2.05) is 17.5 Å². The molecule has 0 radical (unpaired) electrons. The minimum atomic E-state index is -3.51. The number of thiophene rings is 2. The molecule has 0 spiro atoms. The van der Waals surface area contributed by atoms with Crippen molar-refractivity contribution < 1.29 is 8.42 Å². The Morgan fingerprint density at radius 3 is 2.70 bits per heavy atom. The largest absolute Gasteiger partial charge is 0.355 e. The number of guanidine groups is 1. The Kier molecular flexibility index (Phi) is 6.85. The minimum absolute atomic E-state index is 0.211. The summed E-state index contributed by atoms with van der Waals surface area (Å²) < 4.78 is 27.2. The summed E-state index contributed by atoms with van der Waals surface area (Å²) in [4.78, 5) is 5.29. The molecule has 0 aliphatic heterocycles. The van der Waals surface area contributed by atoms with E-state index in [1.165, 1.54) is 10.9 Å². The number of sulfonamides is 1. The smallest absolute Gasteiger partial charge is 0.250 e. The van der Waals surface area contributed by atoms with Gasteiger partial charge < -0.3 is 10.6 Å². The van der Waals surface area contributed by atoms with Crippen LogP contribution < -0.4 is 15.4 Å². The summed E-state index contributed by atoms with van der Waals surface area (Å²) in [6.07, 6.45) is 0. The van der Waals surface area contributed by atoms with Crippen LogP contribution in [0.5, 0.6) is 0 Å². The third-order valence-corrected chi connectivity index (χ3v) is 6.82. The van der Waals surface area contributed by atoms with E-state index >= 15 is 0 Å². The molecule has 0 aliphatic rings. The molecule has 0 aliphatic carbocycles. The van der Waals surface area contributed by atoms with E-state index in [-0.39, 0.29) is 10.8 Å². The topological polar surface area (TPSA) is 82.6 Å². The number of hydrogen-bond donors (Lipinski definition) is 3. The first kappa shape index (κ1) is 18.2. The molecule has 0 amide bonds. The second-order valence-corrected chi connectivity index (χ2v) is 9.13. The lowest BCUT2D eigenvalue weighted by Crippen LogP contribution is -2.41. The van der Waals surface area contributed by atoms with Crippen LogP contribution in [0.25, 0.3) is 0 Å². The van der Waals surface area contributed by atoms with Crippen molar-refractivity contribution in [2.45, 2.75) is 10.8 Å². The van der Waals surface area contributed by atoms with Crippen molar-refractivity contribution in [1.29, 1.82) is 0 Å². The molecule has 23 heavy (non-hydrogen) atoms. The van der Waals surface area contributed by atoms with Crippen LogP contribution in [0.1, 0.15) is 4.88 Å². The van der Waals surface area contributed by atoms with Crippen molar-refractivity contribution in [2.24, 2.45) is 4.99 Å². The number of hydrogen-bond acceptors (Lipinski definition) is 5. The van der Waals surface area contributed by atoms with Crippen molar-refractivity contribution in [3.63, 3.8) is 0 Å². The van der Waals surface area contributed by atoms with Gasteiger partial charge in [-0.25, -0.2) is 13.1 Å². The van der Waals surface area contributed by atoms with Crippen molar-refractivity contribution in [3.8, 4) is 0 Å². The quantitative estimate of drug-likeness (QED) is 0.383. The minimum Gasteiger partial charge on any atom is -0.355 e. The zero-order chi connectivity index (χ0) is 16.7. The highest BCUT2D eigenvalue weighted by molar-refractivity contribution is 7.91. The summed E-state index contributed by atoms with van der Waals surface area (Å²) >= 11 is 8.45. The van der Waals surface area contributed by atoms with Crippen LogP contribution in [0.3, 0.4) is 0 Å². The molecule has 0 saturated heterocycles. The first-order valence-corrected chi connectivity index (χ1v) is 10.3. The first-order chi connectivity index (χ1) is 11.0. The molecule has 2 rings (SSSR count). The van der Waals surface area contributed by atoms with Crippen LogP contribution in [0.15, 0.2) is 38.8 Å². The predicted octanol–water partition coefficient (Wildman–Crippen LogP) is 2.11. The van der Waals surface area contributed by atoms with Gasteiger partial charge in [0.25, 0.3) is 0 Å². The second-order valence-electron chi connectivity index (χ2n) is 4.39. The van der Waals surface area contributed by atoms with Gasteiger partial charge in [-0.3, -0.25) is 4.99 Å². The lowest BCUT2D eigenvalue weighted by atomic mass is 10.5. The Bertz CT molecular complexity index is 741. The molecule has 6 nitrogen and oxygen atoms in total. The van der Waals surface area contributed by atoms with E-state index in [4.69, 9.17) is 11.6 Å². The predicted molar refractivity (Wildman–Crippen MR) is 97.0 cm³/mol.